The monoisotopic (exact) mass is 309 g/mol. The van der Waals surface area contributed by atoms with E-state index >= 15 is 0 Å². The van der Waals surface area contributed by atoms with Gasteiger partial charge in [-0.1, -0.05) is 13.8 Å². The van der Waals surface area contributed by atoms with Gasteiger partial charge in [-0.3, -0.25) is 4.79 Å². The number of carbonyl (C=O) groups is 1. The Balaban J connectivity index is 2.75. The van der Waals surface area contributed by atoms with Gasteiger partial charge < -0.3 is 10.2 Å². The second kappa shape index (κ2) is 7.33. The predicted octanol–water partition coefficient (Wildman–Crippen LogP) is -0.184. The number of nitrogens with one attached hydrogen (secondary N) is 1. The van der Waals surface area contributed by atoms with E-state index in [0.29, 0.717) is 19.6 Å². The molecule has 1 amide bonds. The number of likely N-dealkylation sites (tertiary alicyclic amines) is 1. The van der Waals surface area contributed by atoms with Crippen LogP contribution in [0.5, 0.6) is 0 Å². The summed E-state index contributed by atoms with van der Waals surface area (Å²) in [5.41, 5.74) is 0. The molecule has 1 aliphatic heterocycles. The van der Waals surface area contributed by atoms with Crippen molar-refractivity contribution in [1.82, 2.24) is 14.5 Å². The minimum absolute atomic E-state index is 0.0149. The first-order chi connectivity index (χ1) is 9.35. The molecule has 0 radical (unpaired) electrons. The molecule has 1 heterocycles. The van der Waals surface area contributed by atoms with Crippen molar-refractivity contribution in [2.24, 2.45) is 0 Å². The van der Waals surface area contributed by atoms with E-state index in [4.69, 9.17) is 0 Å². The van der Waals surface area contributed by atoms with Crippen LogP contribution in [-0.2, 0) is 14.8 Å². The molecule has 118 valence electrons. The van der Waals surface area contributed by atoms with Gasteiger partial charge in [0.25, 0.3) is 0 Å². The number of hydrogen-bond donors (Lipinski definition) is 1. The first-order valence-corrected chi connectivity index (χ1v) is 8.52. The van der Waals surface area contributed by atoms with E-state index in [1.54, 1.807) is 20.9 Å². The lowest BCUT2D eigenvalue weighted by molar-refractivity contribution is -0.129. The van der Waals surface area contributed by atoms with E-state index in [-0.39, 0.29) is 19.0 Å². The van der Waals surface area contributed by atoms with Gasteiger partial charge in [-0.05, 0) is 7.05 Å². The van der Waals surface area contributed by atoms with Crippen LogP contribution >= 0.6 is 0 Å². The summed E-state index contributed by atoms with van der Waals surface area (Å²) < 4.78 is 38.9. The second-order valence-electron chi connectivity index (χ2n) is 4.93. The summed E-state index contributed by atoms with van der Waals surface area (Å²) in [6, 6.07) is -0.269. The third-order valence-corrected chi connectivity index (χ3v) is 5.44. The van der Waals surface area contributed by atoms with E-state index < -0.39 is 27.9 Å². The summed E-state index contributed by atoms with van der Waals surface area (Å²) >= 11 is 0. The fourth-order valence-electron chi connectivity index (χ4n) is 2.54. The van der Waals surface area contributed by atoms with Gasteiger partial charge in [0.15, 0.2) is 0 Å². The van der Waals surface area contributed by atoms with Gasteiger partial charge in [0.05, 0.1) is 6.54 Å². The Morgan fingerprint density at radius 1 is 1.40 bits per heavy atom. The third-order valence-electron chi connectivity index (χ3n) is 3.53. The van der Waals surface area contributed by atoms with Crippen molar-refractivity contribution in [3.63, 3.8) is 0 Å². The van der Waals surface area contributed by atoms with Crippen molar-refractivity contribution < 1.29 is 17.6 Å². The number of sulfonamides is 1. The molecule has 0 spiro atoms. The summed E-state index contributed by atoms with van der Waals surface area (Å²) in [5, 5.41) is 2.90. The van der Waals surface area contributed by atoms with Crippen molar-refractivity contribution in [3.05, 3.63) is 0 Å². The molecule has 1 saturated heterocycles. The molecule has 0 aromatic carbocycles. The van der Waals surface area contributed by atoms with Gasteiger partial charge in [-0.2, -0.15) is 0 Å². The Morgan fingerprint density at radius 3 is 2.50 bits per heavy atom. The topological polar surface area (TPSA) is 69.7 Å². The van der Waals surface area contributed by atoms with Crippen LogP contribution < -0.4 is 5.32 Å². The van der Waals surface area contributed by atoms with E-state index in [1.165, 1.54) is 9.21 Å². The van der Waals surface area contributed by atoms with E-state index in [1.807, 2.05) is 0 Å². The Morgan fingerprint density at radius 2 is 2.00 bits per heavy atom. The highest BCUT2D eigenvalue weighted by Gasteiger charge is 2.37. The zero-order chi connectivity index (χ0) is 15.3. The molecule has 1 aliphatic rings. The summed E-state index contributed by atoms with van der Waals surface area (Å²) in [6.07, 6.45) is -0.814. The fraction of sp³-hybridized carbons (Fsp3) is 0.917. The molecule has 1 rings (SSSR count). The van der Waals surface area contributed by atoms with Crippen molar-refractivity contribution in [2.75, 3.05) is 39.0 Å². The largest absolute Gasteiger partial charge is 0.334 e. The van der Waals surface area contributed by atoms with Crippen LogP contribution in [0.25, 0.3) is 0 Å². The Kier molecular flexibility index (Phi) is 6.35. The highest BCUT2D eigenvalue weighted by atomic mass is 32.2. The molecule has 20 heavy (non-hydrogen) atoms. The first kappa shape index (κ1) is 17.3. The highest BCUT2D eigenvalue weighted by molar-refractivity contribution is 7.89. The van der Waals surface area contributed by atoms with Gasteiger partial charge in [-0.15, -0.1) is 0 Å². The highest BCUT2D eigenvalue weighted by Crippen LogP contribution is 2.20. The van der Waals surface area contributed by atoms with Crippen LogP contribution in [0.3, 0.4) is 0 Å². The van der Waals surface area contributed by atoms with E-state index in [0.717, 1.165) is 0 Å². The van der Waals surface area contributed by atoms with Gasteiger partial charge in [0.2, 0.25) is 15.9 Å². The van der Waals surface area contributed by atoms with Crippen LogP contribution in [0.1, 0.15) is 20.3 Å². The molecule has 0 aromatic rings. The lowest BCUT2D eigenvalue weighted by Gasteiger charge is -2.25. The van der Waals surface area contributed by atoms with Crippen molar-refractivity contribution in [3.8, 4) is 0 Å². The number of rotatable bonds is 7. The van der Waals surface area contributed by atoms with Crippen LogP contribution in [-0.4, -0.2) is 74.7 Å². The minimum Gasteiger partial charge on any atom is -0.334 e. The molecular formula is C12H24FN3O3S. The van der Waals surface area contributed by atoms with Crippen molar-refractivity contribution in [1.29, 1.82) is 0 Å². The van der Waals surface area contributed by atoms with Gasteiger partial charge in [0, 0.05) is 32.1 Å². The molecule has 6 nitrogen and oxygen atoms in total. The number of halogens is 1. The molecule has 0 bridgehead atoms. The van der Waals surface area contributed by atoms with Gasteiger partial charge >= 0.3 is 0 Å². The molecule has 1 fully saturated rings. The van der Waals surface area contributed by atoms with Crippen LogP contribution in [0.15, 0.2) is 0 Å². The summed E-state index contributed by atoms with van der Waals surface area (Å²) in [6.45, 7) is 4.57. The summed E-state index contributed by atoms with van der Waals surface area (Å²) in [4.78, 5) is 13.5. The number of carbonyl (C=O) groups excluding carboxylic acids is 1. The summed E-state index contributed by atoms with van der Waals surface area (Å²) in [7, 11) is -1.89. The number of nitrogens with zero attached hydrogens (tertiary/aromatic N) is 2. The minimum atomic E-state index is -3.62. The first-order valence-electron chi connectivity index (χ1n) is 6.91. The summed E-state index contributed by atoms with van der Waals surface area (Å²) in [5.74, 6) is -1.10. The smallest absolute Gasteiger partial charge is 0.239 e. The maximum absolute atomic E-state index is 13.4. The number of amides is 1. The number of alkyl halides is 1. The van der Waals surface area contributed by atoms with E-state index in [9.17, 15) is 17.6 Å². The maximum Gasteiger partial charge on any atom is 0.239 e. The molecule has 0 aliphatic carbocycles. The molecule has 2 atom stereocenters. The number of likely N-dealkylation sites (N-methyl/N-ethyl adjacent to an activating group) is 1. The molecular weight excluding hydrogens is 285 g/mol. The van der Waals surface area contributed by atoms with Gasteiger partial charge in [-0.25, -0.2) is 17.1 Å². The fourth-order valence-corrected chi connectivity index (χ4v) is 3.99. The lowest BCUT2D eigenvalue weighted by atomic mass is 10.2. The maximum atomic E-state index is 13.4. The average Bonchev–Trinajstić information content (AvgIpc) is 2.71. The molecule has 0 aromatic heterocycles. The standard InChI is InChI=1S/C12H24FN3O3S/c1-4-15(5-2)20(18,19)9-12(17)16-8-10(13)6-11(16)7-14-3/h10-11,14H,4-9H2,1-3H3/t10-,11-/m0/s1. The van der Waals surface area contributed by atoms with Crippen LogP contribution in [0.4, 0.5) is 4.39 Å². The quantitative estimate of drug-likeness (QED) is 0.708. The van der Waals surface area contributed by atoms with Crippen molar-refractivity contribution in [2.45, 2.75) is 32.5 Å². The average molecular weight is 309 g/mol. The Labute approximate surface area is 120 Å². The lowest BCUT2D eigenvalue weighted by Crippen LogP contribution is -2.46. The molecule has 0 unspecified atom stereocenters. The Hall–Kier alpha value is -0.730. The predicted molar refractivity (Wildman–Crippen MR) is 75.6 cm³/mol. The van der Waals surface area contributed by atoms with Crippen LogP contribution in [0, 0.1) is 0 Å². The third kappa shape index (κ3) is 4.13. The zero-order valence-electron chi connectivity index (χ0n) is 12.3. The second-order valence-corrected chi connectivity index (χ2v) is 6.90. The molecule has 0 saturated carbocycles. The molecule has 1 N–H and O–H groups in total. The SMILES string of the molecule is CCN(CC)S(=O)(=O)CC(=O)N1C[C@@H](F)C[C@H]1CNC. The number of hydrogen-bond acceptors (Lipinski definition) is 4. The Bertz CT molecular complexity index is 426. The molecule has 8 heteroatoms. The van der Waals surface area contributed by atoms with Gasteiger partial charge in [0.1, 0.15) is 11.9 Å². The van der Waals surface area contributed by atoms with Crippen molar-refractivity contribution >= 4 is 15.9 Å². The normalized spacial score (nSPS) is 23.6. The zero-order valence-corrected chi connectivity index (χ0v) is 13.1. The van der Waals surface area contributed by atoms with Crippen LogP contribution in [0.2, 0.25) is 0 Å². The van der Waals surface area contributed by atoms with E-state index in [2.05, 4.69) is 5.32 Å².